The van der Waals surface area contributed by atoms with Crippen LogP contribution in [0.5, 0.6) is 0 Å². The number of aromatic nitrogens is 3. The van der Waals surface area contributed by atoms with Crippen LogP contribution in [0.25, 0.3) is 0 Å². The Kier molecular flexibility index (Phi) is 2.82. The SMILES string of the molecule is CC(C)(C)n1c(CO)nnc1C12CC3CC(CC(C3)C1)C2. The molecular weight excluding hydrogens is 262 g/mol. The van der Waals surface area contributed by atoms with Crippen LogP contribution in [0.3, 0.4) is 0 Å². The van der Waals surface area contributed by atoms with Crippen LogP contribution in [0, 0.1) is 17.8 Å². The monoisotopic (exact) mass is 289 g/mol. The van der Waals surface area contributed by atoms with Gasteiger partial charge in [0.15, 0.2) is 5.82 Å². The molecule has 21 heavy (non-hydrogen) atoms. The summed E-state index contributed by atoms with van der Waals surface area (Å²) < 4.78 is 2.24. The lowest BCUT2D eigenvalue weighted by Gasteiger charge is -2.56. The Morgan fingerprint density at radius 2 is 1.57 bits per heavy atom. The largest absolute Gasteiger partial charge is 0.388 e. The fourth-order valence-electron chi connectivity index (χ4n) is 5.85. The van der Waals surface area contributed by atoms with E-state index in [0.717, 1.165) is 29.4 Å². The first-order valence-electron chi connectivity index (χ1n) is 8.47. The van der Waals surface area contributed by atoms with Gasteiger partial charge < -0.3 is 9.67 Å². The van der Waals surface area contributed by atoms with Gasteiger partial charge in [0, 0.05) is 11.0 Å². The van der Waals surface area contributed by atoms with E-state index in [1.807, 2.05) is 0 Å². The summed E-state index contributed by atoms with van der Waals surface area (Å²) in [5.74, 6) is 4.60. The number of aliphatic hydroxyl groups excluding tert-OH is 1. The molecule has 1 aromatic heterocycles. The summed E-state index contributed by atoms with van der Waals surface area (Å²) in [4.78, 5) is 0. The molecule has 0 aromatic carbocycles. The van der Waals surface area contributed by atoms with Gasteiger partial charge in [-0.2, -0.15) is 0 Å². The Morgan fingerprint density at radius 1 is 1.05 bits per heavy atom. The molecular formula is C17H27N3O. The van der Waals surface area contributed by atoms with Crippen LogP contribution in [0.4, 0.5) is 0 Å². The van der Waals surface area contributed by atoms with E-state index < -0.39 is 0 Å². The van der Waals surface area contributed by atoms with Crippen molar-refractivity contribution in [1.82, 2.24) is 14.8 Å². The topological polar surface area (TPSA) is 50.9 Å². The fraction of sp³-hybridized carbons (Fsp3) is 0.882. The summed E-state index contributed by atoms with van der Waals surface area (Å²) >= 11 is 0. The fourth-order valence-corrected chi connectivity index (χ4v) is 5.85. The van der Waals surface area contributed by atoms with Gasteiger partial charge in [0.1, 0.15) is 12.4 Å². The highest BCUT2D eigenvalue weighted by atomic mass is 16.3. The Hall–Kier alpha value is -0.900. The van der Waals surface area contributed by atoms with Gasteiger partial charge in [0.05, 0.1) is 0 Å². The smallest absolute Gasteiger partial charge is 0.159 e. The minimum atomic E-state index is -0.0692. The van der Waals surface area contributed by atoms with Crippen molar-refractivity contribution >= 4 is 0 Å². The molecule has 4 bridgehead atoms. The number of hydrogen-bond acceptors (Lipinski definition) is 3. The molecule has 0 amide bonds. The first-order chi connectivity index (χ1) is 9.91. The minimum Gasteiger partial charge on any atom is -0.388 e. The number of nitrogens with zero attached hydrogens (tertiary/aromatic N) is 3. The summed E-state index contributed by atoms with van der Waals surface area (Å²) in [5, 5.41) is 18.6. The Morgan fingerprint density at radius 3 is 2.00 bits per heavy atom. The van der Waals surface area contributed by atoms with Crippen LogP contribution < -0.4 is 0 Å². The molecule has 1 aromatic rings. The maximum absolute atomic E-state index is 9.65. The lowest BCUT2D eigenvalue weighted by molar-refractivity contribution is -0.0129. The van der Waals surface area contributed by atoms with Gasteiger partial charge in [-0.1, -0.05) is 0 Å². The highest BCUT2D eigenvalue weighted by Crippen LogP contribution is 2.60. The predicted octanol–water partition coefficient (Wildman–Crippen LogP) is 2.99. The average Bonchev–Trinajstić information content (AvgIpc) is 2.81. The van der Waals surface area contributed by atoms with Crippen molar-refractivity contribution in [2.75, 3.05) is 0 Å². The molecule has 4 nitrogen and oxygen atoms in total. The standard InChI is InChI=1S/C17H27N3O/c1-16(2,3)20-14(10-21)18-19-15(20)17-7-11-4-12(8-17)6-13(5-11)9-17/h11-13,21H,4-10H2,1-3H3. The van der Waals surface area contributed by atoms with E-state index in [0.29, 0.717) is 0 Å². The maximum atomic E-state index is 9.65. The molecule has 5 rings (SSSR count). The molecule has 116 valence electrons. The van der Waals surface area contributed by atoms with Crippen molar-refractivity contribution in [2.24, 2.45) is 17.8 Å². The molecule has 1 heterocycles. The zero-order chi connectivity index (χ0) is 14.8. The first-order valence-corrected chi connectivity index (χ1v) is 8.47. The average molecular weight is 289 g/mol. The predicted molar refractivity (Wildman–Crippen MR) is 80.8 cm³/mol. The van der Waals surface area contributed by atoms with E-state index in [1.54, 1.807) is 0 Å². The van der Waals surface area contributed by atoms with E-state index in [1.165, 1.54) is 38.5 Å². The van der Waals surface area contributed by atoms with Crippen LogP contribution >= 0.6 is 0 Å². The van der Waals surface area contributed by atoms with Crippen LogP contribution in [-0.4, -0.2) is 19.9 Å². The van der Waals surface area contributed by atoms with Crippen molar-refractivity contribution in [3.05, 3.63) is 11.6 Å². The normalized spacial score (nSPS) is 38.2. The molecule has 4 saturated carbocycles. The number of hydrogen-bond donors (Lipinski definition) is 1. The second-order valence-corrected chi connectivity index (χ2v) is 8.80. The molecule has 4 fully saturated rings. The lowest BCUT2D eigenvalue weighted by atomic mass is 9.49. The zero-order valence-corrected chi connectivity index (χ0v) is 13.5. The van der Waals surface area contributed by atoms with Crippen LogP contribution in [-0.2, 0) is 17.6 Å². The molecule has 0 atom stereocenters. The van der Waals surface area contributed by atoms with Gasteiger partial charge in [-0.05, 0) is 77.0 Å². The molecule has 0 aliphatic heterocycles. The van der Waals surface area contributed by atoms with Gasteiger partial charge in [-0.15, -0.1) is 10.2 Å². The molecule has 0 spiro atoms. The van der Waals surface area contributed by atoms with E-state index in [4.69, 9.17) is 0 Å². The van der Waals surface area contributed by atoms with Crippen LogP contribution in [0.15, 0.2) is 0 Å². The Labute approximate surface area is 127 Å². The van der Waals surface area contributed by atoms with Crippen molar-refractivity contribution in [3.8, 4) is 0 Å². The Balaban J connectivity index is 1.82. The molecule has 0 saturated heterocycles. The molecule has 0 radical (unpaired) electrons. The minimum absolute atomic E-state index is 0.0172. The third-order valence-electron chi connectivity index (χ3n) is 6.05. The molecule has 4 heteroatoms. The van der Waals surface area contributed by atoms with E-state index in [9.17, 15) is 5.11 Å². The first kappa shape index (κ1) is 13.7. The van der Waals surface area contributed by atoms with Crippen LogP contribution in [0.2, 0.25) is 0 Å². The summed E-state index contributed by atoms with van der Waals surface area (Å²) in [5.41, 5.74) is 0.169. The van der Waals surface area contributed by atoms with E-state index in [-0.39, 0.29) is 17.6 Å². The maximum Gasteiger partial charge on any atom is 0.159 e. The highest BCUT2D eigenvalue weighted by molar-refractivity contribution is 5.20. The number of aliphatic hydroxyl groups is 1. The van der Waals surface area contributed by atoms with Crippen molar-refractivity contribution < 1.29 is 5.11 Å². The molecule has 4 aliphatic rings. The van der Waals surface area contributed by atoms with Gasteiger partial charge in [-0.3, -0.25) is 0 Å². The van der Waals surface area contributed by atoms with E-state index >= 15 is 0 Å². The highest BCUT2D eigenvalue weighted by Gasteiger charge is 2.54. The summed E-state index contributed by atoms with van der Waals surface area (Å²) in [6.07, 6.45) is 8.19. The number of rotatable bonds is 2. The Bertz CT molecular complexity index is 520. The summed E-state index contributed by atoms with van der Waals surface area (Å²) in [6.45, 7) is 6.56. The van der Waals surface area contributed by atoms with Crippen molar-refractivity contribution in [2.45, 2.75) is 76.9 Å². The summed E-state index contributed by atoms with van der Waals surface area (Å²) in [6, 6.07) is 0. The molecule has 1 N–H and O–H groups in total. The quantitative estimate of drug-likeness (QED) is 0.910. The van der Waals surface area contributed by atoms with Gasteiger partial charge in [0.2, 0.25) is 0 Å². The van der Waals surface area contributed by atoms with E-state index in [2.05, 4.69) is 35.5 Å². The molecule has 0 unspecified atom stereocenters. The van der Waals surface area contributed by atoms with Gasteiger partial charge in [-0.25, -0.2) is 0 Å². The van der Waals surface area contributed by atoms with Crippen molar-refractivity contribution in [1.29, 1.82) is 0 Å². The second-order valence-electron chi connectivity index (χ2n) is 8.80. The third-order valence-corrected chi connectivity index (χ3v) is 6.05. The summed E-state index contributed by atoms with van der Waals surface area (Å²) in [7, 11) is 0. The zero-order valence-electron chi connectivity index (χ0n) is 13.5. The second kappa shape index (κ2) is 4.31. The molecule has 4 aliphatic carbocycles. The third kappa shape index (κ3) is 1.98. The van der Waals surface area contributed by atoms with Crippen LogP contribution in [0.1, 0.15) is 70.9 Å². The van der Waals surface area contributed by atoms with Gasteiger partial charge >= 0.3 is 0 Å². The van der Waals surface area contributed by atoms with Gasteiger partial charge in [0.25, 0.3) is 0 Å². The van der Waals surface area contributed by atoms with Crippen molar-refractivity contribution in [3.63, 3.8) is 0 Å². The lowest BCUT2D eigenvalue weighted by Crippen LogP contribution is -2.50.